The lowest BCUT2D eigenvalue weighted by Gasteiger charge is -2.16. The van der Waals surface area contributed by atoms with Gasteiger partial charge in [0.1, 0.15) is 0 Å². The summed E-state index contributed by atoms with van der Waals surface area (Å²) < 4.78 is 25.3. The number of rotatable bonds is 5. The van der Waals surface area contributed by atoms with Crippen LogP contribution in [0.5, 0.6) is 0 Å². The highest BCUT2D eigenvalue weighted by Crippen LogP contribution is 2.27. The van der Waals surface area contributed by atoms with E-state index >= 15 is 0 Å². The number of benzene rings is 2. The van der Waals surface area contributed by atoms with Crippen molar-refractivity contribution in [3.63, 3.8) is 0 Å². The molecule has 2 nitrogen and oxygen atoms in total. The first kappa shape index (κ1) is 15.6. The summed E-state index contributed by atoms with van der Waals surface area (Å²) in [6.07, 6.45) is -2.45. The molecule has 0 spiro atoms. The molecule has 21 heavy (non-hydrogen) atoms. The second-order valence-electron chi connectivity index (χ2n) is 4.96. The lowest BCUT2D eigenvalue weighted by atomic mass is 10.1. The summed E-state index contributed by atoms with van der Waals surface area (Å²) in [5.74, 6) is 0. The van der Waals surface area contributed by atoms with Crippen LogP contribution in [0.1, 0.15) is 17.6 Å². The van der Waals surface area contributed by atoms with E-state index in [0.717, 1.165) is 16.9 Å². The van der Waals surface area contributed by atoms with Crippen LogP contribution in [0.2, 0.25) is 5.02 Å². The van der Waals surface area contributed by atoms with Gasteiger partial charge in [0.2, 0.25) is 0 Å². The lowest BCUT2D eigenvalue weighted by molar-refractivity contribution is 0.151. The summed E-state index contributed by atoms with van der Waals surface area (Å²) in [5.41, 5.74) is 2.63. The smallest absolute Gasteiger partial charge is 0.263 e. The highest BCUT2D eigenvalue weighted by molar-refractivity contribution is 6.33. The van der Waals surface area contributed by atoms with Gasteiger partial charge in [-0.2, -0.15) is 0 Å². The number of alkyl halides is 2. The average molecular weight is 311 g/mol. The number of halogens is 3. The molecule has 112 valence electrons. The maximum Gasteiger partial charge on any atom is 0.263 e. The van der Waals surface area contributed by atoms with Crippen molar-refractivity contribution in [3.05, 3.63) is 58.6 Å². The molecule has 0 saturated carbocycles. The molecule has 0 radical (unpaired) electrons. The van der Waals surface area contributed by atoms with Crippen molar-refractivity contribution in [2.75, 3.05) is 24.3 Å². The minimum absolute atomic E-state index is 0.0373. The fourth-order valence-electron chi connectivity index (χ4n) is 2.02. The third-order valence-corrected chi connectivity index (χ3v) is 3.43. The quantitative estimate of drug-likeness (QED) is 0.840. The van der Waals surface area contributed by atoms with Crippen LogP contribution in [-0.4, -0.2) is 14.1 Å². The van der Waals surface area contributed by atoms with Gasteiger partial charge in [-0.3, -0.25) is 0 Å². The molecule has 0 bridgehead atoms. The van der Waals surface area contributed by atoms with Crippen molar-refractivity contribution >= 4 is 23.0 Å². The Bertz CT molecular complexity index is 615. The van der Waals surface area contributed by atoms with Gasteiger partial charge in [-0.1, -0.05) is 29.8 Å². The fourth-order valence-corrected chi connectivity index (χ4v) is 2.37. The maximum atomic E-state index is 12.6. The summed E-state index contributed by atoms with van der Waals surface area (Å²) >= 11 is 6.19. The first-order chi connectivity index (χ1) is 9.97. The van der Waals surface area contributed by atoms with Crippen LogP contribution in [0.15, 0.2) is 42.5 Å². The van der Waals surface area contributed by atoms with Crippen molar-refractivity contribution in [3.8, 4) is 0 Å². The topological polar surface area (TPSA) is 15.3 Å². The number of hydrogen-bond acceptors (Lipinski definition) is 2. The average Bonchev–Trinajstić information content (AvgIpc) is 2.45. The lowest BCUT2D eigenvalue weighted by Crippen LogP contribution is -2.09. The zero-order valence-corrected chi connectivity index (χ0v) is 12.7. The number of nitrogens with zero attached hydrogens (tertiary/aromatic N) is 1. The molecule has 2 aromatic carbocycles. The maximum absolute atomic E-state index is 12.6. The number of hydrogen-bond donors (Lipinski definition) is 1. The van der Waals surface area contributed by atoms with Crippen LogP contribution >= 0.6 is 11.6 Å². The molecule has 0 aromatic heterocycles. The Morgan fingerprint density at radius 3 is 2.52 bits per heavy atom. The summed E-state index contributed by atoms with van der Waals surface area (Å²) in [6, 6.07) is 12.0. The molecule has 2 aromatic rings. The molecule has 0 amide bonds. The monoisotopic (exact) mass is 310 g/mol. The minimum Gasteiger partial charge on any atom is -0.381 e. The molecular weight excluding hydrogens is 294 g/mol. The van der Waals surface area contributed by atoms with Crippen molar-refractivity contribution in [2.45, 2.75) is 13.0 Å². The molecule has 0 unspecified atom stereocenters. The molecule has 1 N–H and O–H groups in total. The molecule has 2 rings (SSSR count). The van der Waals surface area contributed by atoms with E-state index in [9.17, 15) is 8.78 Å². The second-order valence-corrected chi connectivity index (χ2v) is 5.37. The zero-order valence-electron chi connectivity index (χ0n) is 11.9. The fraction of sp³-hybridized carbons (Fsp3) is 0.250. The Hall–Kier alpha value is -1.81. The third-order valence-electron chi connectivity index (χ3n) is 3.13. The molecule has 0 fully saturated rings. The Morgan fingerprint density at radius 1 is 1.14 bits per heavy atom. The van der Waals surface area contributed by atoms with Gasteiger partial charge in [0.15, 0.2) is 0 Å². The predicted octanol–water partition coefficient (Wildman–Crippen LogP) is 4.96. The van der Waals surface area contributed by atoms with Crippen LogP contribution in [0.3, 0.4) is 0 Å². The van der Waals surface area contributed by atoms with E-state index in [4.69, 9.17) is 11.6 Å². The first-order valence-corrected chi connectivity index (χ1v) is 6.93. The molecular formula is C16H17ClF2N2. The molecule has 0 aliphatic heterocycles. The molecule has 0 aliphatic carbocycles. The number of nitrogens with one attached hydrogen (secondary N) is 1. The predicted molar refractivity (Wildman–Crippen MR) is 84.5 cm³/mol. The van der Waals surface area contributed by atoms with E-state index < -0.39 is 6.43 Å². The van der Waals surface area contributed by atoms with Crippen LogP contribution in [0.4, 0.5) is 20.2 Å². The molecule has 0 heterocycles. The summed E-state index contributed by atoms with van der Waals surface area (Å²) in [6.45, 7) is 0.470. The standard InChI is InChI=1S/C16H17ClF2N2/c1-21(2)15-7-6-13(9-14(15)17)20-10-11-4-3-5-12(8-11)16(18)19/h3-9,16,20H,10H2,1-2H3. The van der Waals surface area contributed by atoms with Gasteiger partial charge in [-0.05, 0) is 29.8 Å². The van der Waals surface area contributed by atoms with Gasteiger partial charge in [0.25, 0.3) is 6.43 Å². The van der Waals surface area contributed by atoms with Crippen LogP contribution in [0, 0.1) is 0 Å². The van der Waals surface area contributed by atoms with Gasteiger partial charge in [0, 0.05) is 31.9 Å². The Balaban J connectivity index is 2.06. The van der Waals surface area contributed by atoms with Crippen molar-refractivity contribution in [1.29, 1.82) is 0 Å². The second kappa shape index (κ2) is 6.76. The summed E-state index contributed by atoms with van der Waals surface area (Å²) in [4.78, 5) is 1.93. The van der Waals surface area contributed by atoms with Gasteiger partial charge < -0.3 is 10.2 Å². The first-order valence-electron chi connectivity index (χ1n) is 6.55. The van der Waals surface area contributed by atoms with Crippen LogP contribution in [-0.2, 0) is 6.54 Å². The van der Waals surface area contributed by atoms with Gasteiger partial charge in [0.05, 0.1) is 10.7 Å². The van der Waals surface area contributed by atoms with E-state index in [1.165, 1.54) is 12.1 Å². The van der Waals surface area contributed by atoms with E-state index in [1.54, 1.807) is 6.07 Å². The van der Waals surface area contributed by atoms with Gasteiger partial charge >= 0.3 is 0 Å². The summed E-state index contributed by atoms with van der Waals surface area (Å²) in [7, 11) is 3.84. The van der Waals surface area contributed by atoms with E-state index in [0.29, 0.717) is 11.6 Å². The van der Waals surface area contributed by atoms with Crippen molar-refractivity contribution in [1.82, 2.24) is 0 Å². The highest BCUT2D eigenvalue weighted by Gasteiger charge is 2.07. The van der Waals surface area contributed by atoms with Gasteiger partial charge in [-0.25, -0.2) is 8.78 Å². The van der Waals surface area contributed by atoms with E-state index in [2.05, 4.69) is 5.32 Å². The normalized spacial score (nSPS) is 10.8. The molecule has 5 heteroatoms. The van der Waals surface area contributed by atoms with Crippen LogP contribution < -0.4 is 10.2 Å². The Morgan fingerprint density at radius 2 is 1.90 bits per heavy atom. The zero-order chi connectivity index (χ0) is 15.4. The Labute approximate surface area is 128 Å². The van der Waals surface area contributed by atoms with E-state index in [-0.39, 0.29) is 5.56 Å². The molecule has 0 atom stereocenters. The molecule has 0 aliphatic rings. The van der Waals surface area contributed by atoms with Crippen molar-refractivity contribution < 1.29 is 8.78 Å². The number of anilines is 2. The van der Waals surface area contributed by atoms with E-state index in [1.807, 2.05) is 43.3 Å². The SMILES string of the molecule is CN(C)c1ccc(NCc2cccc(C(F)F)c2)cc1Cl. The van der Waals surface area contributed by atoms with Crippen molar-refractivity contribution in [2.24, 2.45) is 0 Å². The Kier molecular flexibility index (Phi) is 5.02. The van der Waals surface area contributed by atoms with Crippen LogP contribution in [0.25, 0.3) is 0 Å². The summed E-state index contributed by atoms with van der Waals surface area (Å²) in [5, 5.41) is 3.83. The molecule has 0 saturated heterocycles. The largest absolute Gasteiger partial charge is 0.381 e. The highest BCUT2D eigenvalue weighted by atomic mass is 35.5. The minimum atomic E-state index is -2.45. The third kappa shape index (κ3) is 4.08. The van der Waals surface area contributed by atoms with Gasteiger partial charge in [-0.15, -0.1) is 0 Å².